The molecule has 0 atom stereocenters. The first-order chi connectivity index (χ1) is 10.1. The van der Waals surface area contributed by atoms with E-state index in [4.69, 9.17) is 10.2 Å². The standard InChI is InChI=1S/C15H12N2O3S/c16-13-6-5-9(7-17-13)21-8-12-14(15(18)19)10-3-1-2-4-11(10)20-12/h1-7H,8H2,(H2,16,17)(H,18,19). The molecular formula is C15H12N2O3S. The van der Waals surface area contributed by atoms with Gasteiger partial charge in [-0.15, -0.1) is 11.8 Å². The molecule has 3 aromatic rings. The van der Waals surface area contributed by atoms with Crippen LogP contribution in [0.25, 0.3) is 11.0 Å². The van der Waals surface area contributed by atoms with Gasteiger partial charge in [-0.2, -0.15) is 0 Å². The Morgan fingerprint density at radius 1 is 1.29 bits per heavy atom. The van der Waals surface area contributed by atoms with Gasteiger partial charge in [0.15, 0.2) is 0 Å². The molecule has 0 saturated carbocycles. The van der Waals surface area contributed by atoms with Crippen molar-refractivity contribution in [3.8, 4) is 0 Å². The number of nitrogen functional groups attached to an aromatic ring is 1. The van der Waals surface area contributed by atoms with Crippen molar-refractivity contribution in [2.45, 2.75) is 10.6 Å². The number of hydrogen-bond donors (Lipinski definition) is 2. The van der Waals surface area contributed by atoms with E-state index >= 15 is 0 Å². The predicted molar refractivity (Wildman–Crippen MR) is 81.4 cm³/mol. The lowest BCUT2D eigenvalue weighted by Gasteiger charge is -2.00. The van der Waals surface area contributed by atoms with Crippen LogP contribution in [0.4, 0.5) is 5.82 Å². The lowest BCUT2D eigenvalue weighted by atomic mass is 10.1. The molecule has 0 amide bonds. The van der Waals surface area contributed by atoms with Crippen LogP contribution in [0.5, 0.6) is 0 Å². The van der Waals surface area contributed by atoms with Gasteiger partial charge in [0.2, 0.25) is 0 Å². The van der Waals surface area contributed by atoms with Gasteiger partial charge in [0.1, 0.15) is 22.7 Å². The zero-order valence-electron chi connectivity index (χ0n) is 10.9. The number of rotatable bonds is 4. The lowest BCUT2D eigenvalue weighted by Crippen LogP contribution is -1.98. The molecule has 3 rings (SSSR count). The van der Waals surface area contributed by atoms with Gasteiger partial charge in [0.05, 0.1) is 5.75 Å². The summed E-state index contributed by atoms with van der Waals surface area (Å²) in [6, 6.07) is 10.7. The van der Waals surface area contributed by atoms with Crippen molar-refractivity contribution in [3.63, 3.8) is 0 Å². The van der Waals surface area contributed by atoms with E-state index in [2.05, 4.69) is 4.98 Å². The number of benzene rings is 1. The first-order valence-corrected chi connectivity index (χ1v) is 7.22. The molecular weight excluding hydrogens is 288 g/mol. The number of nitrogens with two attached hydrogens (primary N) is 1. The molecule has 2 heterocycles. The van der Waals surface area contributed by atoms with Crippen LogP contribution in [-0.2, 0) is 5.75 Å². The fourth-order valence-corrected chi connectivity index (χ4v) is 2.85. The summed E-state index contributed by atoms with van der Waals surface area (Å²) in [6.45, 7) is 0. The van der Waals surface area contributed by atoms with Gasteiger partial charge in [-0.1, -0.05) is 18.2 Å². The first-order valence-electron chi connectivity index (χ1n) is 6.23. The predicted octanol–water partition coefficient (Wildman–Crippen LogP) is 3.40. The molecule has 0 spiro atoms. The van der Waals surface area contributed by atoms with Crippen molar-refractivity contribution in [1.82, 2.24) is 4.98 Å². The van der Waals surface area contributed by atoms with Crippen molar-refractivity contribution in [2.24, 2.45) is 0 Å². The number of para-hydroxylation sites is 1. The van der Waals surface area contributed by atoms with Crippen LogP contribution in [0, 0.1) is 0 Å². The molecule has 5 nitrogen and oxygen atoms in total. The second-order valence-corrected chi connectivity index (χ2v) is 5.46. The molecule has 0 saturated heterocycles. The minimum Gasteiger partial charge on any atom is -0.478 e. The molecule has 0 radical (unpaired) electrons. The van der Waals surface area contributed by atoms with E-state index in [9.17, 15) is 9.90 Å². The zero-order valence-corrected chi connectivity index (χ0v) is 11.8. The quantitative estimate of drug-likeness (QED) is 0.718. The fourth-order valence-electron chi connectivity index (χ4n) is 2.06. The van der Waals surface area contributed by atoms with E-state index in [-0.39, 0.29) is 5.56 Å². The number of aromatic nitrogens is 1. The van der Waals surface area contributed by atoms with E-state index in [1.165, 1.54) is 11.8 Å². The van der Waals surface area contributed by atoms with E-state index in [0.717, 1.165) is 4.90 Å². The van der Waals surface area contributed by atoms with E-state index in [1.54, 1.807) is 30.5 Å². The van der Waals surface area contributed by atoms with Gasteiger partial charge in [-0.05, 0) is 18.2 Å². The second-order valence-electron chi connectivity index (χ2n) is 4.41. The topological polar surface area (TPSA) is 89.3 Å². The maximum atomic E-state index is 11.5. The number of anilines is 1. The van der Waals surface area contributed by atoms with Crippen molar-refractivity contribution in [2.75, 3.05) is 5.73 Å². The van der Waals surface area contributed by atoms with Crippen LogP contribution < -0.4 is 5.73 Å². The van der Waals surface area contributed by atoms with Crippen LogP contribution in [-0.4, -0.2) is 16.1 Å². The number of carboxylic acid groups (broad SMARTS) is 1. The Hall–Kier alpha value is -2.47. The Bertz CT molecular complexity index is 796. The van der Waals surface area contributed by atoms with Crippen LogP contribution in [0.2, 0.25) is 0 Å². The molecule has 0 bridgehead atoms. The third-order valence-electron chi connectivity index (χ3n) is 3.01. The number of hydrogen-bond acceptors (Lipinski definition) is 5. The number of nitrogens with zero attached hydrogens (tertiary/aromatic N) is 1. The maximum Gasteiger partial charge on any atom is 0.339 e. The number of carboxylic acids is 1. The maximum absolute atomic E-state index is 11.5. The summed E-state index contributed by atoms with van der Waals surface area (Å²) in [6.07, 6.45) is 1.66. The Kier molecular flexibility index (Phi) is 3.53. The van der Waals surface area contributed by atoms with Crippen LogP contribution >= 0.6 is 11.8 Å². The average Bonchev–Trinajstić information content (AvgIpc) is 2.85. The van der Waals surface area contributed by atoms with Gasteiger partial charge in [-0.25, -0.2) is 9.78 Å². The molecule has 2 aromatic heterocycles. The zero-order chi connectivity index (χ0) is 14.8. The Labute approximate surface area is 124 Å². The highest BCUT2D eigenvalue weighted by Crippen LogP contribution is 2.31. The summed E-state index contributed by atoms with van der Waals surface area (Å²) in [5.41, 5.74) is 6.34. The van der Waals surface area contributed by atoms with Crippen molar-refractivity contribution < 1.29 is 14.3 Å². The SMILES string of the molecule is Nc1ccc(SCc2oc3ccccc3c2C(=O)O)cn1. The summed E-state index contributed by atoms with van der Waals surface area (Å²) < 4.78 is 5.66. The monoisotopic (exact) mass is 300 g/mol. The summed E-state index contributed by atoms with van der Waals surface area (Å²) in [5.74, 6) is 0.341. The molecule has 6 heteroatoms. The smallest absolute Gasteiger partial charge is 0.339 e. The molecule has 21 heavy (non-hydrogen) atoms. The van der Waals surface area contributed by atoms with E-state index in [1.807, 2.05) is 12.1 Å². The number of pyridine rings is 1. The molecule has 0 aliphatic carbocycles. The Morgan fingerprint density at radius 2 is 2.10 bits per heavy atom. The summed E-state index contributed by atoms with van der Waals surface area (Å²) in [5, 5.41) is 10.0. The number of thioether (sulfide) groups is 1. The summed E-state index contributed by atoms with van der Waals surface area (Å²) in [7, 11) is 0. The average molecular weight is 300 g/mol. The largest absolute Gasteiger partial charge is 0.478 e. The van der Waals surface area contributed by atoms with Crippen molar-refractivity contribution in [1.29, 1.82) is 0 Å². The molecule has 0 fully saturated rings. The molecule has 106 valence electrons. The number of aromatic carboxylic acids is 1. The summed E-state index contributed by atoms with van der Waals surface area (Å²) in [4.78, 5) is 16.4. The number of carbonyl (C=O) groups is 1. The highest BCUT2D eigenvalue weighted by Gasteiger charge is 2.19. The van der Waals surface area contributed by atoms with Gasteiger partial charge in [-0.3, -0.25) is 0 Å². The molecule has 1 aromatic carbocycles. The minimum atomic E-state index is -0.981. The van der Waals surface area contributed by atoms with Gasteiger partial charge in [0, 0.05) is 16.5 Å². The lowest BCUT2D eigenvalue weighted by molar-refractivity contribution is 0.0697. The molecule has 0 unspecified atom stereocenters. The van der Waals surface area contributed by atoms with Crippen LogP contribution in [0.15, 0.2) is 51.9 Å². The first kappa shape index (κ1) is 13.5. The normalized spacial score (nSPS) is 10.9. The third-order valence-corrected chi connectivity index (χ3v) is 3.99. The van der Waals surface area contributed by atoms with E-state index in [0.29, 0.717) is 28.3 Å². The summed E-state index contributed by atoms with van der Waals surface area (Å²) >= 11 is 1.45. The van der Waals surface area contributed by atoms with Gasteiger partial charge in [0.25, 0.3) is 0 Å². The Balaban J connectivity index is 1.91. The van der Waals surface area contributed by atoms with Crippen molar-refractivity contribution >= 4 is 34.5 Å². The molecule has 0 aliphatic heterocycles. The third kappa shape index (κ3) is 2.71. The van der Waals surface area contributed by atoms with Crippen molar-refractivity contribution in [3.05, 3.63) is 53.9 Å². The van der Waals surface area contributed by atoms with Gasteiger partial charge < -0.3 is 15.3 Å². The number of fused-ring (bicyclic) bond motifs is 1. The number of furan rings is 1. The fraction of sp³-hybridized carbons (Fsp3) is 0.0667. The van der Waals surface area contributed by atoms with Crippen LogP contribution in [0.1, 0.15) is 16.1 Å². The van der Waals surface area contributed by atoms with E-state index < -0.39 is 5.97 Å². The Morgan fingerprint density at radius 3 is 2.81 bits per heavy atom. The molecule has 0 aliphatic rings. The highest BCUT2D eigenvalue weighted by atomic mass is 32.2. The van der Waals surface area contributed by atoms with Crippen LogP contribution in [0.3, 0.4) is 0 Å². The highest BCUT2D eigenvalue weighted by molar-refractivity contribution is 7.98. The molecule has 3 N–H and O–H groups in total. The van der Waals surface area contributed by atoms with Gasteiger partial charge >= 0.3 is 5.97 Å². The minimum absolute atomic E-state index is 0.224. The second kappa shape index (κ2) is 5.49.